The number of para-hydroxylation sites is 1. The van der Waals surface area contributed by atoms with Gasteiger partial charge in [-0.25, -0.2) is 0 Å². The summed E-state index contributed by atoms with van der Waals surface area (Å²) in [7, 11) is 3.25. The molecule has 0 aliphatic heterocycles. The fourth-order valence-electron chi connectivity index (χ4n) is 1.98. The third kappa shape index (κ3) is 3.42. The Hall–Kier alpha value is -2.76. The molecule has 0 aliphatic carbocycles. The van der Waals surface area contributed by atoms with E-state index in [0.29, 0.717) is 11.4 Å². The molecule has 2 rings (SSSR count). The third-order valence-electron chi connectivity index (χ3n) is 3.03. The minimum absolute atomic E-state index is 0.0355. The van der Waals surface area contributed by atoms with Crippen LogP contribution in [0.2, 0.25) is 0 Å². The van der Waals surface area contributed by atoms with E-state index in [2.05, 4.69) is 5.32 Å². The molecule has 2 aromatic carbocycles. The first-order valence-corrected chi connectivity index (χ1v) is 6.36. The zero-order valence-corrected chi connectivity index (χ0v) is 11.8. The molecule has 0 aliphatic rings. The van der Waals surface area contributed by atoms with Crippen LogP contribution in [0.5, 0.6) is 11.5 Å². The van der Waals surface area contributed by atoms with Gasteiger partial charge in [-0.2, -0.15) is 0 Å². The Bertz CT molecular complexity index is 626. The maximum Gasteiger partial charge on any atom is 0.292 e. The summed E-state index contributed by atoms with van der Waals surface area (Å²) in [5.74, 6) is 1.41. The Balaban J connectivity index is 2.15. The molecule has 0 aromatic heterocycles. The summed E-state index contributed by atoms with van der Waals surface area (Å²) in [4.78, 5) is 10.6. The van der Waals surface area contributed by atoms with Gasteiger partial charge in [0.2, 0.25) is 0 Å². The molecule has 21 heavy (non-hydrogen) atoms. The van der Waals surface area contributed by atoms with Crippen LogP contribution in [0.25, 0.3) is 0 Å². The Morgan fingerprint density at radius 2 is 1.81 bits per heavy atom. The van der Waals surface area contributed by atoms with Gasteiger partial charge in [0.25, 0.3) is 5.69 Å². The molecule has 0 saturated heterocycles. The fraction of sp³-hybridized carbons (Fsp3) is 0.200. The normalized spacial score (nSPS) is 10.0. The summed E-state index contributed by atoms with van der Waals surface area (Å²) >= 11 is 0. The summed E-state index contributed by atoms with van der Waals surface area (Å²) < 4.78 is 10.7. The van der Waals surface area contributed by atoms with Crippen LogP contribution in [0.4, 0.5) is 11.4 Å². The number of nitrogens with one attached hydrogen (secondary N) is 1. The van der Waals surface area contributed by atoms with Crippen molar-refractivity contribution in [1.82, 2.24) is 0 Å². The number of benzene rings is 2. The van der Waals surface area contributed by atoms with Crippen molar-refractivity contribution < 1.29 is 14.4 Å². The van der Waals surface area contributed by atoms with Gasteiger partial charge >= 0.3 is 0 Å². The minimum atomic E-state index is -0.414. The summed E-state index contributed by atoms with van der Waals surface area (Å²) in [5.41, 5.74) is 1.23. The van der Waals surface area contributed by atoms with Gasteiger partial charge in [-0.05, 0) is 24.3 Å². The maximum atomic E-state index is 11.0. The van der Waals surface area contributed by atoms with E-state index in [1.54, 1.807) is 50.6 Å². The van der Waals surface area contributed by atoms with Crippen LogP contribution in [-0.2, 0) is 6.61 Å². The lowest BCUT2D eigenvalue weighted by atomic mass is 10.1. The molecule has 6 nitrogen and oxygen atoms in total. The van der Waals surface area contributed by atoms with Crippen LogP contribution in [0.15, 0.2) is 42.5 Å². The molecule has 0 unspecified atom stereocenters. The van der Waals surface area contributed by atoms with Gasteiger partial charge in [0, 0.05) is 18.7 Å². The van der Waals surface area contributed by atoms with Crippen molar-refractivity contribution in [2.45, 2.75) is 6.61 Å². The standard InChI is InChI=1S/C15H16N2O4/c1-16-15-11(4-3-5-14(15)17(18)19)10-21-13-8-6-12(20-2)7-9-13/h3-9,16H,10H2,1-2H3. The first kappa shape index (κ1) is 14.6. The smallest absolute Gasteiger partial charge is 0.292 e. The van der Waals surface area contributed by atoms with Crippen LogP contribution >= 0.6 is 0 Å². The van der Waals surface area contributed by atoms with Gasteiger partial charge in [-0.1, -0.05) is 12.1 Å². The van der Waals surface area contributed by atoms with Crippen molar-refractivity contribution in [3.63, 3.8) is 0 Å². The molecule has 0 bridgehead atoms. The van der Waals surface area contributed by atoms with E-state index >= 15 is 0 Å². The molecular formula is C15H16N2O4. The van der Waals surface area contributed by atoms with Gasteiger partial charge in [-0.15, -0.1) is 0 Å². The SMILES string of the molecule is CNc1c(COc2ccc(OC)cc2)cccc1[N+](=O)[O-]. The van der Waals surface area contributed by atoms with E-state index in [-0.39, 0.29) is 12.3 Å². The Morgan fingerprint density at radius 1 is 1.14 bits per heavy atom. The third-order valence-corrected chi connectivity index (χ3v) is 3.03. The van der Waals surface area contributed by atoms with Crippen molar-refractivity contribution >= 4 is 11.4 Å². The highest BCUT2D eigenvalue weighted by molar-refractivity contribution is 5.66. The molecule has 0 radical (unpaired) electrons. The van der Waals surface area contributed by atoms with Gasteiger partial charge in [0.1, 0.15) is 23.8 Å². The molecule has 1 N–H and O–H groups in total. The Kier molecular flexibility index (Phi) is 4.61. The Morgan fingerprint density at radius 3 is 2.38 bits per heavy atom. The Labute approximate surface area is 122 Å². The monoisotopic (exact) mass is 288 g/mol. The molecule has 0 saturated carbocycles. The molecule has 0 amide bonds. The first-order valence-electron chi connectivity index (χ1n) is 6.36. The number of hydrogen-bond donors (Lipinski definition) is 1. The van der Waals surface area contributed by atoms with Crippen molar-refractivity contribution in [1.29, 1.82) is 0 Å². The van der Waals surface area contributed by atoms with Gasteiger partial charge < -0.3 is 14.8 Å². The molecule has 0 fully saturated rings. The molecule has 0 atom stereocenters. The van der Waals surface area contributed by atoms with E-state index in [0.717, 1.165) is 11.3 Å². The van der Waals surface area contributed by atoms with E-state index in [1.165, 1.54) is 6.07 Å². The van der Waals surface area contributed by atoms with Crippen molar-refractivity contribution in [3.8, 4) is 11.5 Å². The predicted molar refractivity (Wildman–Crippen MR) is 80.0 cm³/mol. The van der Waals surface area contributed by atoms with Crippen molar-refractivity contribution in [2.24, 2.45) is 0 Å². The number of nitro groups is 1. The molecule has 2 aromatic rings. The fourth-order valence-corrected chi connectivity index (χ4v) is 1.98. The molecule has 6 heteroatoms. The summed E-state index contributed by atoms with van der Waals surface area (Å²) in [6, 6.07) is 12.1. The topological polar surface area (TPSA) is 73.6 Å². The molecule has 0 heterocycles. The first-order chi connectivity index (χ1) is 10.2. The van der Waals surface area contributed by atoms with Gasteiger partial charge in [0.05, 0.1) is 12.0 Å². The van der Waals surface area contributed by atoms with Crippen LogP contribution in [-0.4, -0.2) is 19.1 Å². The summed E-state index contributed by atoms with van der Waals surface area (Å²) in [5, 5.41) is 13.8. The zero-order valence-electron chi connectivity index (χ0n) is 11.8. The second-order valence-electron chi connectivity index (χ2n) is 4.28. The quantitative estimate of drug-likeness (QED) is 0.652. The lowest BCUT2D eigenvalue weighted by Gasteiger charge is -2.11. The number of hydrogen-bond acceptors (Lipinski definition) is 5. The van der Waals surface area contributed by atoms with E-state index in [9.17, 15) is 10.1 Å². The maximum absolute atomic E-state index is 11.0. The summed E-state index contributed by atoms with van der Waals surface area (Å²) in [6.07, 6.45) is 0. The molecular weight excluding hydrogens is 272 g/mol. The highest BCUT2D eigenvalue weighted by atomic mass is 16.6. The van der Waals surface area contributed by atoms with Crippen LogP contribution in [0.3, 0.4) is 0 Å². The second kappa shape index (κ2) is 6.60. The van der Waals surface area contributed by atoms with Crippen LogP contribution < -0.4 is 14.8 Å². The zero-order chi connectivity index (χ0) is 15.2. The highest BCUT2D eigenvalue weighted by Gasteiger charge is 2.16. The number of rotatable bonds is 6. The van der Waals surface area contributed by atoms with Gasteiger partial charge in [-0.3, -0.25) is 10.1 Å². The van der Waals surface area contributed by atoms with Crippen LogP contribution in [0.1, 0.15) is 5.56 Å². The van der Waals surface area contributed by atoms with Crippen LogP contribution in [0, 0.1) is 10.1 Å². The lowest BCUT2D eigenvalue weighted by molar-refractivity contribution is -0.384. The van der Waals surface area contributed by atoms with Crippen molar-refractivity contribution in [3.05, 3.63) is 58.1 Å². The van der Waals surface area contributed by atoms with Gasteiger partial charge in [0.15, 0.2) is 0 Å². The predicted octanol–water partition coefficient (Wildman–Crippen LogP) is 3.22. The summed E-state index contributed by atoms with van der Waals surface area (Å²) in [6.45, 7) is 0.240. The molecule has 0 spiro atoms. The number of nitrogens with zero attached hydrogens (tertiary/aromatic N) is 1. The van der Waals surface area contributed by atoms with E-state index < -0.39 is 4.92 Å². The number of methoxy groups -OCH3 is 1. The number of anilines is 1. The lowest BCUT2D eigenvalue weighted by Crippen LogP contribution is -2.04. The largest absolute Gasteiger partial charge is 0.497 e. The van der Waals surface area contributed by atoms with Crippen molar-refractivity contribution in [2.75, 3.05) is 19.5 Å². The molecule has 110 valence electrons. The number of nitro benzene ring substituents is 1. The highest BCUT2D eigenvalue weighted by Crippen LogP contribution is 2.29. The van der Waals surface area contributed by atoms with E-state index in [4.69, 9.17) is 9.47 Å². The minimum Gasteiger partial charge on any atom is -0.497 e. The van der Waals surface area contributed by atoms with E-state index in [1.807, 2.05) is 0 Å². The second-order valence-corrected chi connectivity index (χ2v) is 4.28. The number of ether oxygens (including phenoxy) is 2. The average molecular weight is 288 g/mol. The average Bonchev–Trinajstić information content (AvgIpc) is 2.52.